The highest BCUT2D eigenvalue weighted by Crippen LogP contribution is 2.35. The van der Waals surface area contributed by atoms with Gasteiger partial charge in [-0.15, -0.1) is 0 Å². The van der Waals surface area contributed by atoms with Crippen molar-refractivity contribution in [3.8, 4) is 0 Å². The van der Waals surface area contributed by atoms with Gasteiger partial charge in [-0.3, -0.25) is 0 Å². The molecular formula is C21H21ClF2N2O. The van der Waals surface area contributed by atoms with Crippen LogP contribution in [-0.2, 0) is 25.1 Å². The summed E-state index contributed by atoms with van der Waals surface area (Å²) in [5, 5.41) is 12.8. The number of hydrogen-bond donors (Lipinski definition) is 1. The molecule has 27 heavy (non-hydrogen) atoms. The van der Waals surface area contributed by atoms with Gasteiger partial charge in [-0.25, -0.2) is 8.78 Å². The molecule has 6 heteroatoms. The molecular weight excluding hydrogens is 370 g/mol. The molecule has 4 rings (SSSR count). The minimum absolute atomic E-state index is 0.245. The maximum Gasteiger partial charge on any atom is 0.159 e. The van der Waals surface area contributed by atoms with E-state index in [0.29, 0.717) is 10.6 Å². The summed E-state index contributed by atoms with van der Waals surface area (Å²) in [5.41, 5.74) is 2.36. The zero-order valence-corrected chi connectivity index (χ0v) is 16.0. The maximum absolute atomic E-state index is 13.7. The Bertz CT molecular complexity index is 1030. The number of fused-ring (bicyclic) bond motifs is 3. The molecule has 2 aromatic carbocycles. The Morgan fingerprint density at radius 1 is 1.15 bits per heavy atom. The fourth-order valence-corrected chi connectivity index (χ4v) is 4.14. The van der Waals surface area contributed by atoms with Crippen LogP contribution in [0.25, 0.3) is 10.9 Å². The van der Waals surface area contributed by atoms with Gasteiger partial charge in [0.2, 0.25) is 0 Å². The van der Waals surface area contributed by atoms with E-state index in [1.54, 1.807) is 6.92 Å². The highest BCUT2D eigenvalue weighted by Gasteiger charge is 2.29. The largest absolute Gasteiger partial charge is 0.384 e. The number of aromatic nitrogens is 1. The van der Waals surface area contributed by atoms with E-state index >= 15 is 0 Å². The highest BCUT2D eigenvalue weighted by molar-refractivity contribution is 6.31. The van der Waals surface area contributed by atoms with Crippen molar-refractivity contribution in [2.24, 2.45) is 0 Å². The molecule has 0 spiro atoms. The fraction of sp³-hybridized carbons (Fsp3) is 0.333. The van der Waals surface area contributed by atoms with Gasteiger partial charge >= 0.3 is 0 Å². The Hall–Kier alpha value is -1.95. The standard InChI is InChI=1S/C21H21ClF2N2O/c1-21(27,13-3-5-17(23)18(24)9-13)12-26-19-6-4-14(22)10-15(19)16-11-25(2)8-7-20(16)26/h3-6,9-10,27H,7-8,11-12H2,1-2H3. The molecule has 1 aliphatic rings. The molecule has 2 heterocycles. The lowest BCUT2D eigenvalue weighted by Gasteiger charge is -2.29. The van der Waals surface area contributed by atoms with Gasteiger partial charge in [0.25, 0.3) is 0 Å². The minimum atomic E-state index is -1.35. The van der Waals surface area contributed by atoms with E-state index < -0.39 is 17.2 Å². The summed E-state index contributed by atoms with van der Waals surface area (Å²) in [6, 6.07) is 9.30. The lowest BCUT2D eigenvalue weighted by molar-refractivity contribution is 0.0381. The number of hydrogen-bond acceptors (Lipinski definition) is 2. The summed E-state index contributed by atoms with van der Waals surface area (Å²) < 4.78 is 29.1. The average molecular weight is 391 g/mol. The molecule has 0 aliphatic carbocycles. The van der Waals surface area contributed by atoms with Crippen LogP contribution in [0.2, 0.25) is 5.02 Å². The molecule has 0 radical (unpaired) electrons. The van der Waals surface area contributed by atoms with E-state index in [1.807, 2.05) is 18.2 Å². The molecule has 0 fully saturated rings. The summed E-state index contributed by atoms with van der Waals surface area (Å²) in [6.45, 7) is 3.61. The Morgan fingerprint density at radius 2 is 1.93 bits per heavy atom. The Morgan fingerprint density at radius 3 is 2.67 bits per heavy atom. The van der Waals surface area contributed by atoms with E-state index in [4.69, 9.17) is 11.6 Å². The van der Waals surface area contributed by atoms with Crippen LogP contribution in [0.1, 0.15) is 23.7 Å². The van der Waals surface area contributed by atoms with Gasteiger partial charge in [0, 0.05) is 41.1 Å². The van der Waals surface area contributed by atoms with Crippen LogP contribution < -0.4 is 0 Å². The van der Waals surface area contributed by atoms with E-state index in [2.05, 4.69) is 16.5 Å². The second-order valence-electron chi connectivity index (χ2n) is 7.56. The number of benzene rings is 2. The third-order valence-electron chi connectivity index (χ3n) is 5.41. The predicted molar refractivity (Wildman–Crippen MR) is 103 cm³/mol. The van der Waals surface area contributed by atoms with Crippen LogP contribution in [-0.4, -0.2) is 28.2 Å². The van der Waals surface area contributed by atoms with Gasteiger partial charge in [-0.05, 0) is 55.4 Å². The lowest BCUT2D eigenvalue weighted by atomic mass is 9.95. The van der Waals surface area contributed by atoms with Gasteiger partial charge in [-0.1, -0.05) is 17.7 Å². The highest BCUT2D eigenvalue weighted by atomic mass is 35.5. The normalized spacial score (nSPS) is 17.1. The average Bonchev–Trinajstić information content (AvgIpc) is 2.89. The molecule has 1 atom stereocenters. The third-order valence-corrected chi connectivity index (χ3v) is 5.65. The SMILES string of the molecule is CN1CCc2c(c3cc(Cl)ccc3n2CC(C)(O)c2ccc(F)c(F)c2)C1. The Kier molecular flexibility index (Phi) is 4.49. The smallest absolute Gasteiger partial charge is 0.159 e. The van der Waals surface area contributed by atoms with Gasteiger partial charge < -0.3 is 14.6 Å². The van der Waals surface area contributed by atoms with Crippen LogP contribution in [0.15, 0.2) is 36.4 Å². The fourth-order valence-electron chi connectivity index (χ4n) is 3.97. The van der Waals surface area contributed by atoms with Crippen LogP contribution >= 0.6 is 11.6 Å². The topological polar surface area (TPSA) is 28.4 Å². The van der Waals surface area contributed by atoms with Crippen molar-refractivity contribution in [1.29, 1.82) is 0 Å². The molecule has 0 amide bonds. The van der Waals surface area contributed by atoms with Crippen molar-refractivity contribution < 1.29 is 13.9 Å². The van der Waals surface area contributed by atoms with Crippen molar-refractivity contribution in [3.05, 3.63) is 69.9 Å². The van der Waals surface area contributed by atoms with Gasteiger partial charge in [0.15, 0.2) is 11.6 Å². The second kappa shape index (κ2) is 6.59. The van der Waals surface area contributed by atoms with Crippen LogP contribution in [0, 0.1) is 11.6 Å². The monoisotopic (exact) mass is 390 g/mol. The molecule has 1 aromatic heterocycles. The van der Waals surface area contributed by atoms with Crippen molar-refractivity contribution in [3.63, 3.8) is 0 Å². The van der Waals surface area contributed by atoms with E-state index in [0.717, 1.165) is 48.2 Å². The first kappa shape index (κ1) is 18.4. The zero-order chi connectivity index (χ0) is 19.3. The van der Waals surface area contributed by atoms with Crippen LogP contribution in [0.3, 0.4) is 0 Å². The number of likely N-dealkylation sites (N-methyl/N-ethyl adjacent to an activating group) is 1. The van der Waals surface area contributed by atoms with E-state index in [9.17, 15) is 13.9 Å². The molecule has 3 aromatic rings. The molecule has 0 saturated carbocycles. The van der Waals surface area contributed by atoms with Gasteiger partial charge in [0.1, 0.15) is 5.60 Å². The van der Waals surface area contributed by atoms with Crippen molar-refractivity contribution in [1.82, 2.24) is 9.47 Å². The third kappa shape index (κ3) is 3.24. The molecule has 1 N–H and O–H groups in total. The summed E-state index contributed by atoms with van der Waals surface area (Å²) in [7, 11) is 2.08. The summed E-state index contributed by atoms with van der Waals surface area (Å²) in [4.78, 5) is 2.25. The van der Waals surface area contributed by atoms with Crippen molar-refractivity contribution in [2.45, 2.75) is 32.0 Å². The molecule has 1 unspecified atom stereocenters. The first-order valence-electron chi connectivity index (χ1n) is 8.92. The predicted octanol–water partition coefficient (Wildman–Crippen LogP) is 4.47. The van der Waals surface area contributed by atoms with Gasteiger partial charge in [0.05, 0.1) is 6.54 Å². The number of halogens is 3. The molecule has 142 valence electrons. The first-order valence-corrected chi connectivity index (χ1v) is 9.30. The molecule has 0 saturated heterocycles. The lowest BCUT2D eigenvalue weighted by Crippen LogP contribution is -2.31. The first-order chi connectivity index (χ1) is 12.8. The molecule has 1 aliphatic heterocycles. The molecule has 3 nitrogen and oxygen atoms in total. The Balaban J connectivity index is 1.83. The number of nitrogens with zero attached hydrogens (tertiary/aromatic N) is 2. The number of aliphatic hydroxyl groups is 1. The quantitative estimate of drug-likeness (QED) is 0.714. The summed E-state index contributed by atoms with van der Waals surface area (Å²) in [5.74, 6) is -1.88. The zero-order valence-electron chi connectivity index (χ0n) is 15.3. The number of rotatable bonds is 3. The second-order valence-corrected chi connectivity index (χ2v) is 8.00. The van der Waals surface area contributed by atoms with E-state index in [-0.39, 0.29) is 6.54 Å². The van der Waals surface area contributed by atoms with Crippen molar-refractivity contribution >= 4 is 22.5 Å². The Labute approximate surface area is 161 Å². The van der Waals surface area contributed by atoms with Crippen LogP contribution in [0.4, 0.5) is 8.78 Å². The summed E-state index contributed by atoms with van der Waals surface area (Å²) >= 11 is 6.22. The maximum atomic E-state index is 13.7. The summed E-state index contributed by atoms with van der Waals surface area (Å²) in [6.07, 6.45) is 0.853. The van der Waals surface area contributed by atoms with Crippen LogP contribution in [0.5, 0.6) is 0 Å². The minimum Gasteiger partial charge on any atom is -0.384 e. The molecule has 0 bridgehead atoms. The van der Waals surface area contributed by atoms with Crippen molar-refractivity contribution in [2.75, 3.05) is 13.6 Å². The van der Waals surface area contributed by atoms with Gasteiger partial charge in [-0.2, -0.15) is 0 Å². The van der Waals surface area contributed by atoms with E-state index in [1.165, 1.54) is 11.6 Å².